The molecule has 5 nitrogen and oxygen atoms in total. The number of piperidine rings is 1. The van der Waals surface area contributed by atoms with E-state index >= 15 is 0 Å². The molecule has 0 unspecified atom stereocenters. The highest BCUT2D eigenvalue weighted by Crippen LogP contribution is 2.29. The number of nitrogens with zero attached hydrogens (tertiary/aromatic N) is 1. The van der Waals surface area contributed by atoms with Crippen LogP contribution in [0.25, 0.3) is 0 Å². The standard InChI is InChI=1S/C19H17F5N2O3S/c1-26-7-5-10(6-8-26)18(27)11-3-2-4-12(9-11)25-30(28,29)19-16(23)14(21)13(20)15(22)17(19)24/h2-4,9-10,25H,5-8H2,1H3. The third kappa shape index (κ3) is 4.17. The van der Waals surface area contributed by atoms with Crippen LogP contribution in [0.5, 0.6) is 0 Å². The van der Waals surface area contributed by atoms with Gasteiger partial charge in [0.2, 0.25) is 5.82 Å². The van der Waals surface area contributed by atoms with Crippen molar-refractivity contribution >= 4 is 21.5 Å². The van der Waals surface area contributed by atoms with Gasteiger partial charge in [-0.2, -0.15) is 0 Å². The van der Waals surface area contributed by atoms with Crippen molar-refractivity contribution in [2.24, 2.45) is 5.92 Å². The molecule has 0 atom stereocenters. The Balaban J connectivity index is 1.90. The van der Waals surface area contributed by atoms with E-state index in [1.165, 1.54) is 18.2 Å². The quantitative estimate of drug-likeness (QED) is 0.328. The average molecular weight is 448 g/mol. The van der Waals surface area contributed by atoms with Gasteiger partial charge in [0.1, 0.15) is 0 Å². The molecule has 162 valence electrons. The topological polar surface area (TPSA) is 66.5 Å². The number of carbonyl (C=O) groups excluding carboxylic acids is 1. The summed E-state index contributed by atoms with van der Waals surface area (Å²) >= 11 is 0. The number of sulfonamides is 1. The van der Waals surface area contributed by atoms with E-state index in [4.69, 9.17) is 0 Å². The second kappa shape index (κ2) is 8.31. The lowest BCUT2D eigenvalue weighted by Crippen LogP contribution is -2.33. The maximum Gasteiger partial charge on any atom is 0.267 e. The fourth-order valence-electron chi connectivity index (χ4n) is 3.27. The SMILES string of the molecule is CN1CCC(C(=O)c2cccc(NS(=O)(=O)c3c(F)c(F)c(F)c(F)c3F)c2)CC1. The Morgan fingerprint density at radius 1 is 0.967 bits per heavy atom. The van der Waals surface area contributed by atoms with E-state index in [0.29, 0.717) is 12.8 Å². The van der Waals surface area contributed by atoms with Gasteiger partial charge in [0.15, 0.2) is 33.9 Å². The molecule has 1 heterocycles. The summed E-state index contributed by atoms with van der Waals surface area (Å²) in [6.45, 7) is 1.45. The molecule has 1 saturated heterocycles. The van der Waals surface area contributed by atoms with Crippen molar-refractivity contribution in [3.05, 3.63) is 58.9 Å². The van der Waals surface area contributed by atoms with Crippen LogP contribution < -0.4 is 4.72 Å². The van der Waals surface area contributed by atoms with Crippen LogP contribution in [0.1, 0.15) is 23.2 Å². The maximum absolute atomic E-state index is 13.9. The minimum atomic E-state index is -5.18. The predicted octanol–water partition coefficient (Wildman–Crippen LogP) is 3.71. The Kier molecular flexibility index (Phi) is 6.14. The summed E-state index contributed by atoms with van der Waals surface area (Å²) < 4.78 is 94.1. The smallest absolute Gasteiger partial charge is 0.267 e. The van der Waals surface area contributed by atoms with Crippen LogP contribution >= 0.6 is 0 Å². The predicted molar refractivity (Wildman–Crippen MR) is 98.0 cm³/mol. The number of nitrogens with one attached hydrogen (secondary N) is 1. The molecule has 30 heavy (non-hydrogen) atoms. The van der Waals surface area contributed by atoms with Crippen molar-refractivity contribution in [1.29, 1.82) is 0 Å². The number of likely N-dealkylation sites (tertiary alicyclic amines) is 1. The third-order valence-corrected chi connectivity index (χ3v) is 6.33. The molecule has 1 fully saturated rings. The molecule has 3 rings (SSSR count). The van der Waals surface area contributed by atoms with Crippen LogP contribution in [0.15, 0.2) is 29.2 Å². The number of Topliss-reactive ketones (excluding diaryl/α,β-unsaturated/α-hetero) is 1. The van der Waals surface area contributed by atoms with E-state index < -0.39 is 44.0 Å². The molecule has 1 aliphatic rings. The normalized spacial score (nSPS) is 15.9. The molecule has 1 aliphatic heterocycles. The molecule has 0 aliphatic carbocycles. The van der Waals surface area contributed by atoms with Crippen LogP contribution in [-0.4, -0.2) is 39.2 Å². The number of ketones is 1. The van der Waals surface area contributed by atoms with E-state index in [-0.39, 0.29) is 23.0 Å². The lowest BCUT2D eigenvalue weighted by atomic mass is 9.89. The minimum Gasteiger partial charge on any atom is -0.306 e. The molecule has 1 N–H and O–H groups in total. The second-order valence-electron chi connectivity index (χ2n) is 7.03. The van der Waals surface area contributed by atoms with E-state index in [9.17, 15) is 35.2 Å². The average Bonchev–Trinajstić information content (AvgIpc) is 2.70. The van der Waals surface area contributed by atoms with Crippen molar-refractivity contribution in [3.63, 3.8) is 0 Å². The summed E-state index contributed by atoms with van der Waals surface area (Å²) in [5, 5.41) is 0. The Morgan fingerprint density at radius 3 is 2.07 bits per heavy atom. The van der Waals surface area contributed by atoms with Gasteiger partial charge in [-0.05, 0) is 45.1 Å². The first-order valence-electron chi connectivity index (χ1n) is 8.90. The summed E-state index contributed by atoms with van der Waals surface area (Å²) in [6.07, 6.45) is 1.24. The molecule has 11 heteroatoms. The summed E-state index contributed by atoms with van der Waals surface area (Å²) in [4.78, 5) is 12.7. The zero-order valence-corrected chi connectivity index (χ0v) is 16.5. The number of benzene rings is 2. The van der Waals surface area contributed by atoms with E-state index in [0.717, 1.165) is 19.2 Å². The Morgan fingerprint density at radius 2 is 1.50 bits per heavy atom. The number of hydrogen-bond acceptors (Lipinski definition) is 4. The van der Waals surface area contributed by atoms with Gasteiger partial charge in [0, 0.05) is 17.2 Å². The molecule has 0 spiro atoms. The zero-order chi connectivity index (χ0) is 22.2. The number of hydrogen-bond donors (Lipinski definition) is 1. The van der Waals surface area contributed by atoms with Crippen molar-refractivity contribution < 1.29 is 35.2 Å². The number of carbonyl (C=O) groups is 1. The highest BCUT2D eigenvalue weighted by atomic mass is 32.2. The largest absolute Gasteiger partial charge is 0.306 e. The first-order chi connectivity index (χ1) is 14.0. The van der Waals surface area contributed by atoms with Gasteiger partial charge in [0.05, 0.1) is 0 Å². The van der Waals surface area contributed by atoms with Crippen LogP contribution in [-0.2, 0) is 10.0 Å². The molecule has 0 aromatic heterocycles. The molecular weight excluding hydrogens is 431 g/mol. The van der Waals surface area contributed by atoms with Gasteiger partial charge in [-0.25, -0.2) is 30.4 Å². The zero-order valence-electron chi connectivity index (χ0n) is 15.7. The van der Waals surface area contributed by atoms with E-state index in [2.05, 4.69) is 4.90 Å². The minimum absolute atomic E-state index is 0.169. The monoisotopic (exact) mass is 448 g/mol. The molecule has 0 radical (unpaired) electrons. The Labute approximate surface area is 169 Å². The van der Waals surface area contributed by atoms with E-state index in [1.807, 2.05) is 7.05 Å². The summed E-state index contributed by atoms with van der Waals surface area (Å²) in [5.74, 6) is -12.6. The molecule has 0 bridgehead atoms. The lowest BCUT2D eigenvalue weighted by molar-refractivity contribution is 0.0857. The number of halogens is 5. The van der Waals surface area contributed by atoms with Crippen LogP contribution in [0, 0.1) is 35.0 Å². The fourth-order valence-corrected chi connectivity index (χ4v) is 4.46. The first-order valence-corrected chi connectivity index (χ1v) is 10.4. The lowest BCUT2D eigenvalue weighted by Gasteiger charge is -2.28. The highest BCUT2D eigenvalue weighted by Gasteiger charge is 2.34. The van der Waals surface area contributed by atoms with Gasteiger partial charge >= 0.3 is 0 Å². The summed E-state index contributed by atoms with van der Waals surface area (Å²) in [6, 6.07) is 5.15. The van der Waals surface area contributed by atoms with Gasteiger partial charge in [0.25, 0.3) is 10.0 Å². The van der Waals surface area contributed by atoms with Crippen molar-refractivity contribution in [2.45, 2.75) is 17.7 Å². The van der Waals surface area contributed by atoms with Gasteiger partial charge in [-0.15, -0.1) is 0 Å². The van der Waals surface area contributed by atoms with Crippen LogP contribution in [0.3, 0.4) is 0 Å². The molecule has 2 aromatic carbocycles. The molecule has 2 aromatic rings. The van der Waals surface area contributed by atoms with Gasteiger partial charge in [-0.1, -0.05) is 12.1 Å². The molecule has 0 saturated carbocycles. The van der Waals surface area contributed by atoms with Gasteiger partial charge in [-0.3, -0.25) is 9.52 Å². The maximum atomic E-state index is 13.9. The Bertz CT molecular complexity index is 1070. The number of rotatable bonds is 5. The van der Waals surface area contributed by atoms with Crippen molar-refractivity contribution in [1.82, 2.24) is 4.90 Å². The van der Waals surface area contributed by atoms with Gasteiger partial charge < -0.3 is 4.90 Å². The molecule has 0 amide bonds. The number of anilines is 1. The van der Waals surface area contributed by atoms with Crippen molar-refractivity contribution in [2.75, 3.05) is 24.9 Å². The third-order valence-electron chi connectivity index (χ3n) is 4.93. The summed E-state index contributed by atoms with van der Waals surface area (Å²) in [5.41, 5.74) is -0.0834. The van der Waals surface area contributed by atoms with Crippen molar-refractivity contribution in [3.8, 4) is 0 Å². The highest BCUT2D eigenvalue weighted by molar-refractivity contribution is 7.92. The first kappa shape index (κ1) is 22.2. The second-order valence-corrected chi connectivity index (χ2v) is 8.65. The van der Waals surface area contributed by atoms with Crippen LogP contribution in [0.4, 0.5) is 27.6 Å². The van der Waals surface area contributed by atoms with Crippen LogP contribution in [0.2, 0.25) is 0 Å². The Hall–Kier alpha value is -2.53. The summed E-state index contributed by atoms with van der Waals surface area (Å²) in [7, 11) is -3.25. The van der Waals surface area contributed by atoms with E-state index in [1.54, 1.807) is 4.72 Å². The molecular formula is C19H17F5N2O3S. The fraction of sp³-hybridized carbons (Fsp3) is 0.316.